The Bertz CT molecular complexity index is 762. The molecule has 0 atom stereocenters. The molecule has 0 bridgehead atoms. The van der Waals surface area contributed by atoms with Gasteiger partial charge in [-0.25, -0.2) is 4.98 Å². The molecule has 2 aromatic rings. The standard InChI is InChI=1S/C13H10N6O/c1-17-13(20)9-3-2-8(16)4-11(9)19-7-18-10(5-14)12(19)6-15/h2-4,7H,16H2,1H3,(H,17,20). The summed E-state index contributed by atoms with van der Waals surface area (Å²) >= 11 is 0. The van der Waals surface area contributed by atoms with Crippen LogP contribution in [0.1, 0.15) is 21.7 Å². The van der Waals surface area contributed by atoms with Crippen LogP contribution in [0.15, 0.2) is 24.5 Å². The van der Waals surface area contributed by atoms with Crippen LogP contribution in [-0.2, 0) is 0 Å². The highest BCUT2D eigenvalue weighted by atomic mass is 16.1. The SMILES string of the molecule is CNC(=O)c1ccc(N)cc1-n1cnc(C#N)c1C#N. The summed E-state index contributed by atoms with van der Waals surface area (Å²) in [5.74, 6) is -0.323. The number of benzene rings is 1. The van der Waals surface area contributed by atoms with Gasteiger partial charge >= 0.3 is 0 Å². The van der Waals surface area contributed by atoms with Crippen molar-refractivity contribution >= 4 is 11.6 Å². The first-order valence-electron chi connectivity index (χ1n) is 5.62. The van der Waals surface area contributed by atoms with Gasteiger partial charge in [0, 0.05) is 12.7 Å². The lowest BCUT2D eigenvalue weighted by molar-refractivity contribution is 0.0963. The van der Waals surface area contributed by atoms with Crippen LogP contribution in [-0.4, -0.2) is 22.5 Å². The minimum absolute atomic E-state index is 0.00205. The molecule has 20 heavy (non-hydrogen) atoms. The van der Waals surface area contributed by atoms with Crippen LogP contribution in [0.25, 0.3) is 5.69 Å². The highest BCUT2D eigenvalue weighted by Crippen LogP contribution is 2.21. The fourth-order valence-corrected chi connectivity index (χ4v) is 1.79. The highest BCUT2D eigenvalue weighted by molar-refractivity contribution is 5.98. The molecule has 0 saturated heterocycles. The van der Waals surface area contributed by atoms with Gasteiger partial charge in [0.15, 0.2) is 11.4 Å². The first kappa shape index (κ1) is 13.1. The van der Waals surface area contributed by atoms with Gasteiger partial charge in [0.2, 0.25) is 0 Å². The number of anilines is 1. The largest absolute Gasteiger partial charge is 0.399 e. The number of rotatable bonds is 2. The monoisotopic (exact) mass is 266 g/mol. The molecule has 2 rings (SSSR count). The summed E-state index contributed by atoms with van der Waals surface area (Å²) in [6.45, 7) is 0. The van der Waals surface area contributed by atoms with E-state index in [-0.39, 0.29) is 17.3 Å². The molecule has 3 N–H and O–H groups in total. The second-order valence-electron chi connectivity index (χ2n) is 3.89. The minimum atomic E-state index is -0.323. The van der Waals surface area contributed by atoms with Crippen molar-refractivity contribution in [2.24, 2.45) is 0 Å². The average molecular weight is 266 g/mol. The Morgan fingerprint density at radius 1 is 1.40 bits per heavy atom. The third-order valence-corrected chi connectivity index (χ3v) is 2.73. The van der Waals surface area contributed by atoms with Crippen molar-refractivity contribution in [2.45, 2.75) is 0 Å². The number of hydrogen-bond acceptors (Lipinski definition) is 5. The predicted octanol–water partition coefficient (Wildman–Crippen LogP) is 0.557. The lowest BCUT2D eigenvalue weighted by atomic mass is 10.1. The molecule has 0 fully saturated rings. The molecule has 0 saturated carbocycles. The smallest absolute Gasteiger partial charge is 0.253 e. The van der Waals surface area contributed by atoms with Crippen molar-refractivity contribution in [1.82, 2.24) is 14.9 Å². The Balaban J connectivity index is 2.73. The third-order valence-electron chi connectivity index (χ3n) is 2.73. The zero-order valence-electron chi connectivity index (χ0n) is 10.6. The lowest BCUT2D eigenvalue weighted by Gasteiger charge is -2.11. The molecule has 0 aliphatic rings. The van der Waals surface area contributed by atoms with Crippen LogP contribution >= 0.6 is 0 Å². The summed E-state index contributed by atoms with van der Waals surface area (Å²) in [6.07, 6.45) is 1.32. The summed E-state index contributed by atoms with van der Waals surface area (Å²) in [4.78, 5) is 15.7. The van der Waals surface area contributed by atoms with Crippen molar-refractivity contribution in [1.29, 1.82) is 10.5 Å². The summed E-state index contributed by atoms with van der Waals surface area (Å²) in [6, 6.07) is 8.42. The molecule has 0 radical (unpaired) electrons. The van der Waals surface area contributed by atoms with Gasteiger partial charge < -0.3 is 11.1 Å². The van der Waals surface area contributed by atoms with Crippen molar-refractivity contribution < 1.29 is 4.79 Å². The van der Waals surface area contributed by atoms with Crippen LogP contribution in [0.2, 0.25) is 0 Å². The molecule has 98 valence electrons. The van der Waals surface area contributed by atoms with E-state index in [1.807, 2.05) is 12.1 Å². The van der Waals surface area contributed by atoms with Crippen LogP contribution in [0.5, 0.6) is 0 Å². The van der Waals surface area contributed by atoms with E-state index in [0.717, 1.165) is 0 Å². The van der Waals surface area contributed by atoms with E-state index in [9.17, 15) is 4.79 Å². The van der Waals surface area contributed by atoms with Crippen molar-refractivity contribution in [3.63, 3.8) is 0 Å². The van der Waals surface area contributed by atoms with Crippen LogP contribution in [0, 0.1) is 22.7 Å². The highest BCUT2D eigenvalue weighted by Gasteiger charge is 2.17. The van der Waals surface area contributed by atoms with E-state index in [0.29, 0.717) is 16.9 Å². The maximum Gasteiger partial charge on any atom is 0.253 e. The van der Waals surface area contributed by atoms with Crippen molar-refractivity contribution in [3.8, 4) is 17.8 Å². The van der Waals surface area contributed by atoms with Gasteiger partial charge in [-0.05, 0) is 18.2 Å². The number of amides is 1. The number of nitrogen functional groups attached to an aromatic ring is 1. The molecule has 0 spiro atoms. The summed E-state index contributed by atoms with van der Waals surface area (Å²) in [5, 5.41) is 20.6. The van der Waals surface area contributed by atoms with Gasteiger partial charge in [-0.15, -0.1) is 0 Å². The molecule has 0 aliphatic heterocycles. The number of aromatic nitrogens is 2. The van der Waals surface area contributed by atoms with Gasteiger partial charge in [0.05, 0.1) is 11.3 Å². The van der Waals surface area contributed by atoms with E-state index in [1.165, 1.54) is 17.9 Å². The van der Waals surface area contributed by atoms with Crippen molar-refractivity contribution in [3.05, 3.63) is 41.5 Å². The molecule has 0 aliphatic carbocycles. The number of imidazole rings is 1. The van der Waals surface area contributed by atoms with Gasteiger partial charge in [-0.3, -0.25) is 9.36 Å². The van der Waals surface area contributed by atoms with Crippen molar-refractivity contribution in [2.75, 3.05) is 12.8 Å². The Labute approximate surface area is 114 Å². The normalized spacial score (nSPS) is 9.55. The Morgan fingerprint density at radius 2 is 2.15 bits per heavy atom. The molecular formula is C13H10N6O. The number of nitrogens with one attached hydrogen (secondary N) is 1. The number of nitrogens with zero attached hydrogens (tertiary/aromatic N) is 4. The minimum Gasteiger partial charge on any atom is -0.399 e. The second kappa shape index (κ2) is 5.12. The van der Waals surface area contributed by atoms with Crippen LogP contribution in [0.3, 0.4) is 0 Å². The van der Waals surface area contributed by atoms with E-state index in [4.69, 9.17) is 16.3 Å². The van der Waals surface area contributed by atoms with E-state index < -0.39 is 0 Å². The number of nitriles is 2. The van der Waals surface area contributed by atoms with Crippen LogP contribution in [0.4, 0.5) is 5.69 Å². The first-order valence-corrected chi connectivity index (χ1v) is 5.62. The summed E-state index contributed by atoms with van der Waals surface area (Å²) < 4.78 is 1.37. The van der Waals surface area contributed by atoms with E-state index in [1.54, 1.807) is 18.2 Å². The Morgan fingerprint density at radius 3 is 2.75 bits per heavy atom. The Kier molecular flexibility index (Phi) is 3.36. The molecule has 1 heterocycles. The zero-order valence-corrected chi connectivity index (χ0v) is 10.6. The van der Waals surface area contributed by atoms with Gasteiger partial charge in [-0.1, -0.05) is 0 Å². The number of carbonyl (C=O) groups is 1. The Hall–Kier alpha value is -3.32. The second-order valence-corrected chi connectivity index (χ2v) is 3.89. The summed E-state index contributed by atoms with van der Waals surface area (Å²) in [7, 11) is 1.50. The molecule has 1 amide bonds. The number of carbonyl (C=O) groups excluding carboxylic acids is 1. The quantitative estimate of drug-likeness (QED) is 0.769. The zero-order chi connectivity index (χ0) is 14.7. The fraction of sp³-hybridized carbons (Fsp3) is 0.0769. The number of nitrogens with two attached hydrogens (primary N) is 1. The van der Waals surface area contributed by atoms with Gasteiger partial charge in [-0.2, -0.15) is 10.5 Å². The van der Waals surface area contributed by atoms with E-state index in [2.05, 4.69) is 10.3 Å². The van der Waals surface area contributed by atoms with E-state index >= 15 is 0 Å². The predicted molar refractivity (Wildman–Crippen MR) is 70.8 cm³/mol. The van der Waals surface area contributed by atoms with Gasteiger partial charge in [0.1, 0.15) is 18.5 Å². The number of hydrogen-bond donors (Lipinski definition) is 2. The molecule has 7 heteroatoms. The third kappa shape index (κ3) is 2.04. The molecule has 0 unspecified atom stereocenters. The molecule has 1 aromatic heterocycles. The molecule has 1 aromatic carbocycles. The topological polar surface area (TPSA) is 121 Å². The first-order chi connectivity index (χ1) is 9.62. The fourth-order valence-electron chi connectivity index (χ4n) is 1.79. The summed E-state index contributed by atoms with van der Waals surface area (Å²) in [5.41, 5.74) is 6.95. The molecular weight excluding hydrogens is 256 g/mol. The average Bonchev–Trinajstić information content (AvgIpc) is 2.89. The van der Waals surface area contributed by atoms with Crippen LogP contribution < -0.4 is 11.1 Å². The lowest BCUT2D eigenvalue weighted by Crippen LogP contribution is -2.20. The molecule has 7 nitrogen and oxygen atoms in total. The maximum absolute atomic E-state index is 11.9. The van der Waals surface area contributed by atoms with Gasteiger partial charge in [0.25, 0.3) is 5.91 Å². The maximum atomic E-state index is 11.9.